The molecule has 4 nitrogen and oxygen atoms in total. The van der Waals surface area contributed by atoms with Gasteiger partial charge in [-0.05, 0) is 39.0 Å². The summed E-state index contributed by atoms with van der Waals surface area (Å²) >= 11 is 0. The van der Waals surface area contributed by atoms with Gasteiger partial charge in [-0.1, -0.05) is 17.7 Å². The van der Waals surface area contributed by atoms with Gasteiger partial charge in [0.1, 0.15) is 11.5 Å². The Bertz CT molecular complexity index is 653. The number of rotatable bonds is 5. The van der Waals surface area contributed by atoms with Crippen molar-refractivity contribution in [3.05, 3.63) is 53.0 Å². The molecule has 0 saturated carbocycles. The number of anilines is 1. The molecule has 0 atom stereocenters. The molecule has 110 valence electrons. The minimum Gasteiger partial charge on any atom is -0.466 e. The van der Waals surface area contributed by atoms with Crippen molar-refractivity contribution in [1.29, 1.82) is 0 Å². The van der Waals surface area contributed by atoms with Gasteiger partial charge in [-0.25, -0.2) is 0 Å². The average molecular weight is 285 g/mol. The molecule has 2 rings (SSSR count). The fourth-order valence-corrected chi connectivity index (χ4v) is 2.11. The Kier molecular flexibility index (Phi) is 4.58. The van der Waals surface area contributed by atoms with Crippen molar-refractivity contribution >= 4 is 17.4 Å². The Morgan fingerprint density at radius 3 is 2.38 bits per heavy atom. The summed E-state index contributed by atoms with van der Waals surface area (Å²) in [5.74, 6) is 1.18. The standard InChI is InChI=1S/C17H19NO3/c1-11-4-6-14(7-5-11)18-17(20)9-8-15-10-16(12(2)19)13(3)21-15/h4-7,10H,8-9H2,1-3H3,(H,18,20). The van der Waals surface area contributed by atoms with E-state index >= 15 is 0 Å². The first-order valence-corrected chi connectivity index (χ1v) is 6.92. The fourth-order valence-electron chi connectivity index (χ4n) is 2.11. The van der Waals surface area contributed by atoms with Crippen molar-refractivity contribution in [2.24, 2.45) is 0 Å². The van der Waals surface area contributed by atoms with E-state index in [1.165, 1.54) is 6.92 Å². The molecule has 0 aliphatic heterocycles. The molecule has 1 heterocycles. The van der Waals surface area contributed by atoms with Crippen molar-refractivity contribution in [3.8, 4) is 0 Å². The Balaban J connectivity index is 1.90. The molecular weight excluding hydrogens is 266 g/mol. The number of Topliss-reactive ketones (excluding diaryl/α,β-unsaturated/α-hetero) is 1. The number of hydrogen-bond acceptors (Lipinski definition) is 3. The van der Waals surface area contributed by atoms with Crippen LogP contribution in [-0.4, -0.2) is 11.7 Å². The van der Waals surface area contributed by atoms with Crippen LogP contribution in [0.2, 0.25) is 0 Å². The van der Waals surface area contributed by atoms with Crippen LogP contribution >= 0.6 is 0 Å². The maximum atomic E-state index is 11.9. The summed E-state index contributed by atoms with van der Waals surface area (Å²) < 4.78 is 5.49. The zero-order chi connectivity index (χ0) is 15.4. The second kappa shape index (κ2) is 6.39. The van der Waals surface area contributed by atoms with Gasteiger partial charge in [-0.3, -0.25) is 9.59 Å². The molecule has 1 amide bonds. The monoisotopic (exact) mass is 285 g/mol. The van der Waals surface area contributed by atoms with E-state index < -0.39 is 0 Å². The van der Waals surface area contributed by atoms with Crippen LogP contribution in [0.25, 0.3) is 0 Å². The maximum absolute atomic E-state index is 11.9. The molecule has 1 aromatic carbocycles. The fraction of sp³-hybridized carbons (Fsp3) is 0.294. The van der Waals surface area contributed by atoms with Gasteiger partial charge >= 0.3 is 0 Å². The average Bonchev–Trinajstić information content (AvgIpc) is 2.81. The zero-order valence-electron chi connectivity index (χ0n) is 12.5. The van der Waals surface area contributed by atoms with E-state index in [9.17, 15) is 9.59 Å². The smallest absolute Gasteiger partial charge is 0.224 e. The highest BCUT2D eigenvalue weighted by molar-refractivity contribution is 5.95. The highest BCUT2D eigenvalue weighted by Crippen LogP contribution is 2.17. The van der Waals surface area contributed by atoms with Crippen LogP contribution in [0.4, 0.5) is 5.69 Å². The lowest BCUT2D eigenvalue weighted by molar-refractivity contribution is -0.116. The number of amides is 1. The number of furan rings is 1. The van der Waals surface area contributed by atoms with Gasteiger partial charge in [-0.2, -0.15) is 0 Å². The van der Waals surface area contributed by atoms with Crippen molar-refractivity contribution in [2.45, 2.75) is 33.6 Å². The first kappa shape index (κ1) is 15.0. The van der Waals surface area contributed by atoms with E-state index in [0.717, 1.165) is 11.3 Å². The molecule has 0 aliphatic rings. The molecule has 2 aromatic rings. The SMILES string of the molecule is CC(=O)c1cc(CCC(=O)Nc2ccc(C)cc2)oc1C. The highest BCUT2D eigenvalue weighted by Gasteiger charge is 2.12. The van der Waals surface area contributed by atoms with E-state index in [4.69, 9.17) is 4.42 Å². The Labute approximate surface area is 124 Å². The number of hydrogen-bond donors (Lipinski definition) is 1. The Hall–Kier alpha value is -2.36. The molecule has 4 heteroatoms. The second-order valence-corrected chi connectivity index (χ2v) is 5.15. The minimum absolute atomic E-state index is 0.0217. The van der Waals surface area contributed by atoms with E-state index in [2.05, 4.69) is 5.32 Å². The molecule has 1 aromatic heterocycles. The third kappa shape index (κ3) is 4.05. The van der Waals surface area contributed by atoms with Crippen LogP contribution in [0, 0.1) is 13.8 Å². The highest BCUT2D eigenvalue weighted by atomic mass is 16.3. The van der Waals surface area contributed by atoms with Gasteiger partial charge in [0.15, 0.2) is 5.78 Å². The van der Waals surface area contributed by atoms with Crippen LogP contribution in [0.15, 0.2) is 34.7 Å². The summed E-state index contributed by atoms with van der Waals surface area (Å²) in [4.78, 5) is 23.2. The topological polar surface area (TPSA) is 59.3 Å². The maximum Gasteiger partial charge on any atom is 0.224 e. The van der Waals surface area contributed by atoms with Crippen LogP contribution in [0.3, 0.4) is 0 Å². The van der Waals surface area contributed by atoms with Crippen molar-refractivity contribution in [1.82, 2.24) is 0 Å². The molecule has 0 aliphatic carbocycles. The molecule has 1 N–H and O–H groups in total. The van der Waals surface area contributed by atoms with Crippen LogP contribution in [0.1, 0.15) is 40.8 Å². The van der Waals surface area contributed by atoms with Gasteiger partial charge in [0.25, 0.3) is 0 Å². The molecule has 21 heavy (non-hydrogen) atoms. The number of carbonyl (C=O) groups is 2. The van der Waals surface area contributed by atoms with E-state index in [0.29, 0.717) is 29.9 Å². The quantitative estimate of drug-likeness (QED) is 0.853. The predicted molar refractivity (Wildman–Crippen MR) is 81.6 cm³/mol. The normalized spacial score (nSPS) is 10.4. The van der Waals surface area contributed by atoms with Gasteiger partial charge in [-0.15, -0.1) is 0 Å². The summed E-state index contributed by atoms with van der Waals surface area (Å²) in [7, 11) is 0. The van der Waals surface area contributed by atoms with Crippen molar-refractivity contribution in [2.75, 3.05) is 5.32 Å². The lowest BCUT2D eigenvalue weighted by atomic mass is 10.1. The number of nitrogens with one attached hydrogen (secondary N) is 1. The molecular formula is C17H19NO3. The first-order chi connectivity index (χ1) is 9.95. The minimum atomic E-state index is -0.0720. The first-order valence-electron chi connectivity index (χ1n) is 6.92. The summed E-state index contributed by atoms with van der Waals surface area (Å²) in [6, 6.07) is 9.36. The van der Waals surface area contributed by atoms with Crippen LogP contribution in [0.5, 0.6) is 0 Å². The second-order valence-electron chi connectivity index (χ2n) is 5.15. The van der Waals surface area contributed by atoms with Crippen LogP contribution in [-0.2, 0) is 11.2 Å². The summed E-state index contributed by atoms with van der Waals surface area (Å²) in [6.07, 6.45) is 0.796. The van der Waals surface area contributed by atoms with Gasteiger partial charge in [0.2, 0.25) is 5.91 Å². The molecule has 0 saturated heterocycles. The van der Waals surface area contributed by atoms with E-state index in [1.54, 1.807) is 13.0 Å². The van der Waals surface area contributed by atoms with Gasteiger partial charge in [0.05, 0.1) is 5.56 Å². The van der Waals surface area contributed by atoms with Gasteiger partial charge < -0.3 is 9.73 Å². The summed E-state index contributed by atoms with van der Waals surface area (Å²) in [5, 5.41) is 2.84. The molecule has 0 bridgehead atoms. The lowest BCUT2D eigenvalue weighted by Crippen LogP contribution is -2.12. The lowest BCUT2D eigenvalue weighted by Gasteiger charge is -2.04. The van der Waals surface area contributed by atoms with E-state index in [1.807, 2.05) is 31.2 Å². The third-order valence-corrected chi connectivity index (χ3v) is 3.28. The summed E-state index contributed by atoms with van der Waals surface area (Å²) in [6.45, 7) is 5.26. The summed E-state index contributed by atoms with van der Waals surface area (Å²) in [5.41, 5.74) is 2.52. The van der Waals surface area contributed by atoms with E-state index in [-0.39, 0.29) is 11.7 Å². The largest absolute Gasteiger partial charge is 0.466 e. The molecule has 0 radical (unpaired) electrons. The van der Waals surface area contributed by atoms with Crippen LogP contribution < -0.4 is 5.32 Å². The number of aryl methyl sites for hydroxylation is 3. The third-order valence-electron chi connectivity index (χ3n) is 3.28. The Morgan fingerprint density at radius 1 is 1.14 bits per heavy atom. The number of benzene rings is 1. The number of ketones is 1. The number of carbonyl (C=O) groups excluding carboxylic acids is 2. The zero-order valence-corrected chi connectivity index (χ0v) is 12.5. The molecule has 0 spiro atoms. The Morgan fingerprint density at radius 2 is 1.81 bits per heavy atom. The molecule has 0 unspecified atom stereocenters. The van der Waals surface area contributed by atoms with Crippen molar-refractivity contribution in [3.63, 3.8) is 0 Å². The predicted octanol–water partition coefficient (Wildman–Crippen LogP) is 3.67. The van der Waals surface area contributed by atoms with Crippen molar-refractivity contribution < 1.29 is 14.0 Å². The van der Waals surface area contributed by atoms with Gasteiger partial charge in [0, 0.05) is 18.5 Å². The molecule has 0 fully saturated rings.